The average Bonchev–Trinajstić information content (AvgIpc) is 2.47. The Morgan fingerprint density at radius 1 is 1.25 bits per heavy atom. The lowest BCUT2D eigenvalue weighted by Crippen LogP contribution is -2.41. The second kappa shape index (κ2) is 7.77. The van der Waals surface area contributed by atoms with E-state index in [1.807, 2.05) is 0 Å². The average molecular weight is 276 g/mol. The van der Waals surface area contributed by atoms with Crippen LogP contribution in [-0.2, 0) is 17.8 Å². The van der Waals surface area contributed by atoms with Gasteiger partial charge in [0.25, 0.3) is 0 Å². The molecule has 112 valence electrons. The van der Waals surface area contributed by atoms with Gasteiger partial charge in [0.15, 0.2) is 0 Å². The van der Waals surface area contributed by atoms with Gasteiger partial charge >= 0.3 is 0 Å². The van der Waals surface area contributed by atoms with Gasteiger partial charge in [0.1, 0.15) is 0 Å². The van der Waals surface area contributed by atoms with Crippen LogP contribution in [-0.4, -0.2) is 36.7 Å². The van der Waals surface area contributed by atoms with Gasteiger partial charge in [-0.3, -0.25) is 4.90 Å². The second-order valence-corrected chi connectivity index (χ2v) is 5.99. The second-order valence-electron chi connectivity index (χ2n) is 5.99. The van der Waals surface area contributed by atoms with Crippen molar-refractivity contribution in [3.05, 3.63) is 35.4 Å². The summed E-state index contributed by atoms with van der Waals surface area (Å²) in [5, 5.41) is 3.45. The Kier molecular flexibility index (Phi) is 6.02. The highest BCUT2D eigenvalue weighted by molar-refractivity contribution is 5.22. The van der Waals surface area contributed by atoms with Crippen molar-refractivity contribution in [1.29, 1.82) is 0 Å². The van der Waals surface area contributed by atoms with E-state index in [9.17, 15) is 0 Å². The van der Waals surface area contributed by atoms with Crippen LogP contribution >= 0.6 is 0 Å². The molecule has 0 bridgehead atoms. The van der Waals surface area contributed by atoms with E-state index in [1.54, 1.807) is 0 Å². The number of ether oxygens (including phenoxy) is 1. The molecule has 1 aromatic carbocycles. The van der Waals surface area contributed by atoms with Crippen molar-refractivity contribution < 1.29 is 4.74 Å². The molecule has 0 amide bonds. The molecule has 1 atom stereocenters. The fraction of sp³-hybridized carbons (Fsp3) is 0.647. The van der Waals surface area contributed by atoms with Gasteiger partial charge in [-0.15, -0.1) is 0 Å². The van der Waals surface area contributed by atoms with E-state index in [0.717, 1.165) is 39.2 Å². The van der Waals surface area contributed by atoms with Gasteiger partial charge < -0.3 is 10.1 Å². The van der Waals surface area contributed by atoms with E-state index in [-0.39, 0.29) is 0 Å². The first-order valence-electron chi connectivity index (χ1n) is 7.82. The summed E-state index contributed by atoms with van der Waals surface area (Å²) in [6, 6.07) is 9.53. The fourth-order valence-corrected chi connectivity index (χ4v) is 2.51. The van der Waals surface area contributed by atoms with Crippen molar-refractivity contribution in [2.75, 3.05) is 19.7 Å². The monoisotopic (exact) mass is 276 g/mol. The summed E-state index contributed by atoms with van der Waals surface area (Å²) in [5.74, 6) is 0. The molecule has 1 aliphatic heterocycles. The van der Waals surface area contributed by atoms with Crippen LogP contribution in [0.4, 0.5) is 0 Å². The zero-order valence-corrected chi connectivity index (χ0v) is 13.1. The van der Waals surface area contributed by atoms with Crippen LogP contribution in [0.5, 0.6) is 0 Å². The van der Waals surface area contributed by atoms with Gasteiger partial charge in [-0.2, -0.15) is 0 Å². The lowest BCUT2D eigenvalue weighted by molar-refractivity contribution is -0.0324. The van der Waals surface area contributed by atoms with E-state index >= 15 is 0 Å². The topological polar surface area (TPSA) is 24.5 Å². The predicted molar refractivity (Wildman–Crippen MR) is 83.7 cm³/mol. The Morgan fingerprint density at radius 3 is 2.60 bits per heavy atom. The summed E-state index contributed by atoms with van der Waals surface area (Å²) in [5.41, 5.74) is 2.76. The molecule has 0 spiro atoms. The maximum atomic E-state index is 5.72. The molecule has 1 aliphatic rings. The van der Waals surface area contributed by atoms with Gasteiger partial charge in [-0.05, 0) is 17.5 Å². The van der Waals surface area contributed by atoms with E-state index in [1.165, 1.54) is 11.1 Å². The summed E-state index contributed by atoms with van der Waals surface area (Å²) < 4.78 is 5.72. The third kappa shape index (κ3) is 4.89. The largest absolute Gasteiger partial charge is 0.376 e. The van der Waals surface area contributed by atoms with Crippen LogP contribution in [0.3, 0.4) is 0 Å². The Morgan fingerprint density at radius 2 is 1.95 bits per heavy atom. The van der Waals surface area contributed by atoms with Crippen LogP contribution in [0.15, 0.2) is 24.3 Å². The highest BCUT2D eigenvalue weighted by atomic mass is 16.5. The standard InChI is InChI=1S/C17H28N2O/c1-4-17-13-19(9-10-20-17)12-16-7-5-15(6-8-16)11-18-14(2)3/h5-8,14,17-18H,4,9-13H2,1-3H3. The lowest BCUT2D eigenvalue weighted by Gasteiger charge is -2.32. The number of benzene rings is 1. The summed E-state index contributed by atoms with van der Waals surface area (Å²) >= 11 is 0. The smallest absolute Gasteiger partial charge is 0.0700 e. The van der Waals surface area contributed by atoms with Gasteiger partial charge in [0.2, 0.25) is 0 Å². The minimum Gasteiger partial charge on any atom is -0.376 e. The molecule has 1 aromatic rings. The first kappa shape index (κ1) is 15.5. The minimum atomic E-state index is 0.415. The number of rotatable bonds is 6. The van der Waals surface area contributed by atoms with Crippen molar-refractivity contribution in [1.82, 2.24) is 10.2 Å². The predicted octanol–water partition coefficient (Wildman–Crippen LogP) is 2.80. The number of nitrogens with zero attached hydrogens (tertiary/aromatic N) is 1. The first-order chi connectivity index (χ1) is 9.67. The highest BCUT2D eigenvalue weighted by Gasteiger charge is 2.18. The first-order valence-corrected chi connectivity index (χ1v) is 7.82. The SMILES string of the molecule is CCC1CN(Cc2ccc(CNC(C)C)cc2)CCO1. The molecule has 3 heteroatoms. The van der Waals surface area contributed by atoms with Crippen molar-refractivity contribution in [2.24, 2.45) is 0 Å². The van der Waals surface area contributed by atoms with E-state index in [2.05, 4.69) is 55.3 Å². The Labute approximate surface area is 123 Å². The number of hydrogen-bond donors (Lipinski definition) is 1. The molecule has 1 saturated heterocycles. The van der Waals surface area contributed by atoms with Crippen LogP contribution in [0.25, 0.3) is 0 Å². The molecule has 1 unspecified atom stereocenters. The summed E-state index contributed by atoms with van der Waals surface area (Å²) in [4.78, 5) is 2.50. The summed E-state index contributed by atoms with van der Waals surface area (Å²) in [6.45, 7) is 11.5. The minimum absolute atomic E-state index is 0.415. The third-order valence-electron chi connectivity index (χ3n) is 3.82. The molecule has 0 aliphatic carbocycles. The molecule has 1 N–H and O–H groups in total. The van der Waals surface area contributed by atoms with Gasteiger partial charge in [0.05, 0.1) is 12.7 Å². The molecular formula is C17H28N2O. The molecule has 20 heavy (non-hydrogen) atoms. The van der Waals surface area contributed by atoms with Crippen molar-refractivity contribution >= 4 is 0 Å². The maximum absolute atomic E-state index is 5.72. The van der Waals surface area contributed by atoms with Crippen molar-refractivity contribution in [3.63, 3.8) is 0 Å². The molecule has 0 aromatic heterocycles. The van der Waals surface area contributed by atoms with Crippen molar-refractivity contribution in [2.45, 2.75) is 52.4 Å². The zero-order chi connectivity index (χ0) is 14.4. The maximum Gasteiger partial charge on any atom is 0.0700 e. The third-order valence-corrected chi connectivity index (χ3v) is 3.82. The molecule has 0 radical (unpaired) electrons. The Hall–Kier alpha value is -0.900. The zero-order valence-electron chi connectivity index (χ0n) is 13.1. The summed E-state index contributed by atoms with van der Waals surface area (Å²) in [6.07, 6.45) is 1.52. The van der Waals surface area contributed by atoms with E-state index < -0.39 is 0 Å². The Balaban J connectivity index is 1.83. The van der Waals surface area contributed by atoms with Crippen LogP contribution < -0.4 is 5.32 Å². The number of hydrogen-bond acceptors (Lipinski definition) is 3. The number of nitrogens with one attached hydrogen (secondary N) is 1. The van der Waals surface area contributed by atoms with E-state index in [0.29, 0.717) is 12.1 Å². The van der Waals surface area contributed by atoms with Gasteiger partial charge in [-0.1, -0.05) is 45.0 Å². The molecule has 1 fully saturated rings. The normalized spacial score (nSPS) is 20.5. The molecule has 2 rings (SSSR count). The Bertz CT molecular complexity index is 388. The lowest BCUT2D eigenvalue weighted by atomic mass is 10.1. The summed E-state index contributed by atoms with van der Waals surface area (Å²) in [7, 11) is 0. The van der Waals surface area contributed by atoms with E-state index in [4.69, 9.17) is 4.74 Å². The van der Waals surface area contributed by atoms with Crippen LogP contribution in [0, 0.1) is 0 Å². The van der Waals surface area contributed by atoms with Crippen LogP contribution in [0.2, 0.25) is 0 Å². The molecule has 3 nitrogen and oxygen atoms in total. The number of morpholine rings is 1. The molecule has 1 heterocycles. The molecule has 0 saturated carbocycles. The fourth-order valence-electron chi connectivity index (χ4n) is 2.51. The van der Waals surface area contributed by atoms with Crippen molar-refractivity contribution in [3.8, 4) is 0 Å². The van der Waals surface area contributed by atoms with Gasteiger partial charge in [0, 0.05) is 32.2 Å². The van der Waals surface area contributed by atoms with Gasteiger partial charge in [-0.25, -0.2) is 0 Å². The molecular weight excluding hydrogens is 248 g/mol. The highest BCUT2D eigenvalue weighted by Crippen LogP contribution is 2.13. The quantitative estimate of drug-likeness (QED) is 0.864. The van der Waals surface area contributed by atoms with Crippen LogP contribution in [0.1, 0.15) is 38.3 Å².